The number of methoxy groups -OCH3 is 1. The molecule has 0 saturated carbocycles. The number of hydrogen-bond donors (Lipinski definition) is 3. The van der Waals surface area contributed by atoms with E-state index in [-0.39, 0.29) is 24.0 Å². The van der Waals surface area contributed by atoms with E-state index in [1.165, 1.54) is 19.5 Å². The lowest BCUT2D eigenvalue weighted by atomic mass is 10.2. The lowest BCUT2D eigenvalue weighted by molar-refractivity contribution is 0.196. The molecule has 0 amide bonds. The highest BCUT2D eigenvalue weighted by Gasteiger charge is 2.13. The number of anilines is 2. The Labute approximate surface area is 148 Å². The molecular formula is C17H16ClN3O4. The number of benzene rings is 2. The second kappa shape index (κ2) is 7.42. The normalized spacial score (nSPS) is 10.7. The number of ether oxygens (including phenoxy) is 2. The number of fused-ring (bicyclic) bond motifs is 1. The quantitative estimate of drug-likeness (QED) is 0.620. The molecule has 3 aromatic rings. The van der Waals surface area contributed by atoms with Crippen molar-refractivity contribution in [1.29, 1.82) is 0 Å². The molecule has 0 spiro atoms. The van der Waals surface area contributed by atoms with Gasteiger partial charge in [-0.05, 0) is 18.2 Å². The van der Waals surface area contributed by atoms with Crippen molar-refractivity contribution in [2.45, 2.75) is 0 Å². The van der Waals surface area contributed by atoms with E-state index < -0.39 is 0 Å². The van der Waals surface area contributed by atoms with Crippen LogP contribution in [0.1, 0.15) is 0 Å². The van der Waals surface area contributed by atoms with Crippen LogP contribution in [0.3, 0.4) is 0 Å². The number of nitrogens with zero attached hydrogens (tertiary/aromatic N) is 2. The summed E-state index contributed by atoms with van der Waals surface area (Å²) in [6.45, 7) is 0.0464. The number of aliphatic hydroxyl groups excluding tert-OH is 1. The van der Waals surface area contributed by atoms with Gasteiger partial charge in [-0.1, -0.05) is 17.7 Å². The van der Waals surface area contributed by atoms with Gasteiger partial charge in [0, 0.05) is 11.5 Å². The van der Waals surface area contributed by atoms with Crippen LogP contribution in [0.25, 0.3) is 10.9 Å². The van der Waals surface area contributed by atoms with Gasteiger partial charge in [0.1, 0.15) is 29.5 Å². The summed E-state index contributed by atoms with van der Waals surface area (Å²) in [7, 11) is 1.52. The summed E-state index contributed by atoms with van der Waals surface area (Å²) in [4.78, 5) is 8.48. The van der Waals surface area contributed by atoms with Crippen molar-refractivity contribution in [2.24, 2.45) is 0 Å². The number of aliphatic hydroxyl groups is 1. The van der Waals surface area contributed by atoms with Crippen molar-refractivity contribution >= 4 is 34.0 Å². The van der Waals surface area contributed by atoms with Gasteiger partial charge in [0.05, 0.1) is 24.9 Å². The van der Waals surface area contributed by atoms with Crippen LogP contribution in [0.5, 0.6) is 17.2 Å². The van der Waals surface area contributed by atoms with Crippen molar-refractivity contribution in [3.63, 3.8) is 0 Å². The Hall–Kier alpha value is -2.77. The average Bonchev–Trinajstić information content (AvgIpc) is 2.63. The fourth-order valence-electron chi connectivity index (χ4n) is 2.34. The zero-order valence-corrected chi connectivity index (χ0v) is 14.1. The Morgan fingerprint density at radius 2 is 2.04 bits per heavy atom. The number of phenolic OH excluding ortho intramolecular Hbond substituents is 1. The van der Waals surface area contributed by atoms with Crippen molar-refractivity contribution < 1.29 is 19.7 Å². The molecule has 1 heterocycles. The second-order valence-electron chi connectivity index (χ2n) is 5.08. The maximum absolute atomic E-state index is 9.73. The first-order valence-corrected chi connectivity index (χ1v) is 7.82. The lowest BCUT2D eigenvalue weighted by Gasteiger charge is -2.14. The van der Waals surface area contributed by atoms with E-state index in [0.29, 0.717) is 33.9 Å². The van der Waals surface area contributed by atoms with Gasteiger partial charge in [0.2, 0.25) is 0 Å². The minimum atomic E-state index is -0.103. The Morgan fingerprint density at radius 1 is 1.20 bits per heavy atom. The highest BCUT2D eigenvalue weighted by atomic mass is 35.5. The van der Waals surface area contributed by atoms with E-state index >= 15 is 0 Å². The van der Waals surface area contributed by atoms with Crippen LogP contribution in [-0.2, 0) is 0 Å². The largest absolute Gasteiger partial charge is 0.506 e. The van der Waals surface area contributed by atoms with E-state index in [4.69, 9.17) is 26.2 Å². The van der Waals surface area contributed by atoms with Gasteiger partial charge >= 0.3 is 0 Å². The Morgan fingerprint density at radius 3 is 2.80 bits per heavy atom. The number of aromatic hydroxyl groups is 1. The number of aromatic nitrogens is 2. The van der Waals surface area contributed by atoms with Gasteiger partial charge in [-0.15, -0.1) is 0 Å². The molecule has 130 valence electrons. The minimum Gasteiger partial charge on any atom is -0.506 e. The number of phenols is 1. The molecule has 0 aliphatic rings. The standard InChI is InChI=1S/C17H16ClN3O4/c1-24-14-7-10-12(8-15(14)25-6-5-22)19-9-20-17(10)21-11-3-2-4-13(23)16(11)18/h2-4,7-9,22-23H,5-6H2,1H3,(H,19,20,21). The van der Waals surface area contributed by atoms with Gasteiger partial charge in [-0.2, -0.15) is 0 Å². The Kier molecular flexibility index (Phi) is 5.06. The molecule has 0 aliphatic carbocycles. The van der Waals surface area contributed by atoms with Crippen molar-refractivity contribution in [2.75, 3.05) is 25.6 Å². The molecule has 25 heavy (non-hydrogen) atoms. The predicted molar refractivity (Wildman–Crippen MR) is 95.1 cm³/mol. The highest BCUT2D eigenvalue weighted by molar-refractivity contribution is 6.34. The van der Waals surface area contributed by atoms with Crippen LogP contribution >= 0.6 is 11.6 Å². The molecule has 8 heteroatoms. The van der Waals surface area contributed by atoms with E-state index in [9.17, 15) is 5.11 Å². The van der Waals surface area contributed by atoms with E-state index in [1.807, 2.05) is 0 Å². The van der Waals surface area contributed by atoms with E-state index in [2.05, 4.69) is 15.3 Å². The summed E-state index contributed by atoms with van der Waals surface area (Å²) in [5, 5.41) is 22.6. The van der Waals surface area contributed by atoms with Crippen molar-refractivity contribution in [1.82, 2.24) is 9.97 Å². The van der Waals surface area contributed by atoms with Gasteiger partial charge < -0.3 is 25.0 Å². The summed E-state index contributed by atoms with van der Waals surface area (Å²) >= 11 is 6.11. The van der Waals surface area contributed by atoms with E-state index in [0.717, 1.165) is 0 Å². The topological polar surface area (TPSA) is 96.7 Å². The van der Waals surface area contributed by atoms with Crippen LogP contribution in [0, 0.1) is 0 Å². The monoisotopic (exact) mass is 361 g/mol. The minimum absolute atomic E-state index is 0.0256. The molecule has 0 aliphatic heterocycles. The predicted octanol–water partition coefficient (Wildman–Crippen LogP) is 3.11. The highest BCUT2D eigenvalue weighted by Crippen LogP contribution is 2.37. The molecule has 7 nitrogen and oxygen atoms in total. The van der Waals surface area contributed by atoms with Crippen LogP contribution in [-0.4, -0.2) is 40.5 Å². The van der Waals surface area contributed by atoms with Gasteiger partial charge in [0.15, 0.2) is 11.5 Å². The fourth-order valence-corrected chi connectivity index (χ4v) is 2.51. The maximum Gasteiger partial charge on any atom is 0.163 e. The molecule has 2 aromatic carbocycles. The second-order valence-corrected chi connectivity index (χ2v) is 5.46. The SMILES string of the molecule is COc1cc2c(Nc3cccc(O)c3Cl)ncnc2cc1OCCO. The van der Waals surface area contributed by atoms with Crippen molar-refractivity contribution in [3.05, 3.63) is 41.7 Å². The number of rotatable bonds is 6. The van der Waals surface area contributed by atoms with Gasteiger partial charge in [-0.25, -0.2) is 9.97 Å². The first-order valence-electron chi connectivity index (χ1n) is 7.45. The molecule has 0 radical (unpaired) electrons. The molecule has 0 atom stereocenters. The molecule has 0 saturated heterocycles. The first kappa shape index (κ1) is 17.1. The summed E-state index contributed by atoms with van der Waals surface area (Å²) < 4.78 is 10.8. The third-order valence-electron chi connectivity index (χ3n) is 3.50. The zero-order chi connectivity index (χ0) is 17.8. The van der Waals surface area contributed by atoms with E-state index in [1.54, 1.807) is 24.3 Å². The van der Waals surface area contributed by atoms with Gasteiger partial charge in [0.25, 0.3) is 0 Å². The van der Waals surface area contributed by atoms with Crippen LogP contribution in [0.2, 0.25) is 5.02 Å². The molecule has 0 bridgehead atoms. The van der Waals surface area contributed by atoms with Crippen LogP contribution < -0.4 is 14.8 Å². The molecule has 0 fully saturated rings. The summed E-state index contributed by atoms with van der Waals surface area (Å²) in [5.74, 6) is 1.44. The van der Waals surface area contributed by atoms with Crippen LogP contribution in [0.4, 0.5) is 11.5 Å². The van der Waals surface area contributed by atoms with Gasteiger partial charge in [-0.3, -0.25) is 0 Å². The number of halogens is 1. The molecular weight excluding hydrogens is 346 g/mol. The third kappa shape index (κ3) is 3.52. The lowest BCUT2D eigenvalue weighted by Crippen LogP contribution is -2.04. The third-order valence-corrected chi connectivity index (χ3v) is 3.90. The summed E-state index contributed by atoms with van der Waals surface area (Å²) in [5.41, 5.74) is 1.14. The zero-order valence-electron chi connectivity index (χ0n) is 13.4. The molecule has 0 unspecified atom stereocenters. The maximum atomic E-state index is 9.73. The van der Waals surface area contributed by atoms with Crippen LogP contribution in [0.15, 0.2) is 36.7 Å². The Balaban J connectivity index is 2.05. The first-order chi connectivity index (χ1) is 12.1. The number of hydrogen-bond acceptors (Lipinski definition) is 7. The van der Waals surface area contributed by atoms with Crippen molar-refractivity contribution in [3.8, 4) is 17.2 Å². The molecule has 3 rings (SSSR count). The number of nitrogens with one attached hydrogen (secondary N) is 1. The molecule has 1 aromatic heterocycles. The summed E-state index contributed by atoms with van der Waals surface area (Å²) in [6.07, 6.45) is 1.41. The Bertz CT molecular complexity index is 904. The smallest absolute Gasteiger partial charge is 0.163 e. The summed E-state index contributed by atoms with van der Waals surface area (Å²) in [6, 6.07) is 8.35. The fraction of sp³-hybridized carbons (Fsp3) is 0.176. The molecule has 3 N–H and O–H groups in total. The average molecular weight is 362 g/mol.